The van der Waals surface area contributed by atoms with Crippen LogP contribution in [0.15, 0.2) is 12.1 Å². The minimum Gasteiger partial charge on any atom is -0.395 e. The van der Waals surface area contributed by atoms with Crippen molar-refractivity contribution in [1.29, 1.82) is 0 Å². The number of alkyl halides is 3. The second-order valence-electron chi connectivity index (χ2n) is 2.92. The Labute approximate surface area is 84.3 Å². The van der Waals surface area contributed by atoms with Crippen LogP contribution >= 0.6 is 0 Å². The van der Waals surface area contributed by atoms with Crippen LogP contribution in [0.1, 0.15) is 5.69 Å². The first-order valence-electron chi connectivity index (χ1n) is 4.18. The molecule has 0 bridgehead atoms. The minimum atomic E-state index is -4.47. The molecular weight excluding hydrogens is 211 g/mol. The van der Waals surface area contributed by atoms with Crippen molar-refractivity contribution in [3.05, 3.63) is 17.8 Å². The number of rotatable bonds is 3. The summed E-state index contributed by atoms with van der Waals surface area (Å²) >= 11 is 0. The third-order valence-electron chi connectivity index (χ3n) is 1.77. The van der Waals surface area contributed by atoms with Crippen molar-refractivity contribution in [2.45, 2.75) is 6.18 Å². The Morgan fingerprint density at radius 2 is 2.00 bits per heavy atom. The molecule has 1 rings (SSSR count). The molecule has 1 heterocycles. The highest BCUT2D eigenvalue weighted by molar-refractivity contribution is 5.36. The molecule has 0 radical (unpaired) electrons. The van der Waals surface area contributed by atoms with Crippen molar-refractivity contribution in [3.8, 4) is 0 Å². The lowest BCUT2D eigenvalue weighted by molar-refractivity contribution is -0.141. The van der Waals surface area contributed by atoms with Crippen LogP contribution < -0.4 is 4.90 Å². The molecule has 0 aromatic carbocycles. The Balaban J connectivity index is 2.81. The number of aromatic nitrogens is 2. The summed E-state index contributed by atoms with van der Waals surface area (Å²) in [4.78, 5) is 1.51. The van der Waals surface area contributed by atoms with Crippen LogP contribution in [0.25, 0.3) is 0 Å². The van der Waals surface area contributed by atoms with Crippen LogP contribution in [-0.4, -0.2) is 35.5 Å². The van der Waals surface area contributed by atoms with Gasteiger partial charge in [0.05, 0.1) is 6.61 Å². The minimum absolute atomic E-state index is 0.0980. The Morgan fingerprint density at radius 1 is 1.33 bits per heavy atom. The predicted octanol–water partition coefficient (Wildman–Crippen LogP) is 0.924. The Morgan fingerprint density at radius 3 is 2.40 bits per heavy atom. The van der Waals surface area contributed by atoms with E-state index in [2.05, 4.69) is 10.2 Å². The van der Waals surface area contributed by atoms with Crippen molar-refractivity contribution in [2.75, 3.05) is 25.1 Å². The Kier molecular flexibility index (Phi) is 3.46. The maximum Gasteiger partial charge on any atom is 0.435 e. The number of halogens is 3. The van der Waals surface area contributed by atoms with Crippen LogP contribution in [0.2, 0.25) is 0 Å². The molecule has 0 aliphatic rings. The second-order valence-corrected chi connectivity index (χ2v) is 2.92. The summed E-state index contributed by atoms with van der Waals surface area (Å²) in [5.41, 5.74) is -1.02. The number of aliphatic hydroxyl groups excluding tert-OH is 1. The van der Waals surface area contributed by atoms with Crippen molar-refractivity contribution >= 4 is 5.82 Å². The molecular formula is C8H10F3N3O. The van der Waals surface area contributed by atoms with E-state index in [1.54, 1.807) is 7.05 Å². The normalized spacial score (nSPS) is 11.5. The first-order chi connectivity index (χ1) is 6.95. The Bertz CT molecular complexity index is 312. The zero-order chi connectivity index (χ0) is 11.5. The average Bonchev–Trinajstić information content (AvgIpc) is 2.17. The van der Waals surface area contributed by atoms with Gasteiger partial charge in [-0.2, -0.15) is 13.2 Å². The number of nitrogens with zero attached hydrogens (tertiary/aromatic N) is 3. The molecule has 0 amide bonds. The summed E-state index contributed by atoms with van der Waals surface area (Å²) in [7, 11) is 1.60. The number of hydrogen-bond donors (Lipinski definition) is 1. The summed E-state index contributed by atoms with van der Waals surface area (Å²) in [6.45, 7) is 0.194. The summed E-state index contributed by atoms with van der Waals surface area (Å²) < 4.78 is 36.3. The van der Waals surface area contributed by atoms with Crippen LogP contribution in [-0.2, 0) is 6.18 Å². The average molecular weight is 221 g/mol. The number of aliphatic hydroxyl groups is 1. The fraction of sp³-hybridized carbons (Fsp3) is 0.500. The van der Waals surface area contributed by atoms with E-state index in [0.29, 0.717) is 6.54 Å². The fourth-order valence-electron chi connectivity index (χ4n) is 0.945. The first kappa shape index (κ1) is 11.7. The largest absolute Gasteiger partial charge is 0.435 e. The van der Waals surface area contributed by atoms with Gasteiger partial charge >= 0.3 is 6.18 Å². The van der Waals surface area contributed by atoms with Gasteiger partial charge in [-0.15, -0.1) is 10.2 Å². The van der Waals surface area contributed by atoms with Gasteiger partial charge in [0.15, 0.2) is 11.5 Å². The van der Waals surface area contributed by atoms with Crippen LogP contribution in [0.5, 0.6) is 0 Å². The van der Waals surface area contributed by atoms with Crippen molar-refractivity contribution in [1.82, 2.24) is 10.2 Å². The van der Waals surface area contributed by atoms with E-state index in [9.17, 15) is 13.2 Å². The lowest BCUT2D eigenvalue weighted by Crippen LogP contribution is -2.23. The molecule has 0 unspecified atom stereocenters. The van der Waals surface area contributed by atoms with Gasteiger partial charge in [-0.25, -0.2) is 0 Å². The third-order valence-corrected chi connectivity index (χ3v) is 1.77. The molecule has 1 aromatic heterocycles. The van der Waals surface area contributed by atoms with E-state index < -0.39 is 11.9 Å². The summed E-state index contributed by atoms with van der Waals surface area (Å²) in [5.74, 6) is 0.289. The third kappa shape index (κ3) is 3.05. The van der Waals surface area contributed by atoms with Gasteiger partial charge in [0.25, 0.3) is 0 Å². The number of hydrogen-bond acceptors (Lipinski definition) is 4. The summed E-state index contributed by atoms with van der Waals surface area (Å²) in [6, 6.07) is 2.07. The van der Waals surface area contributed by atoms with Gasteiger partial charge in [0.2, 0.25) is 0 Å². The highest BCUT2D eigenvalue weighted by atomic mass is 19.4. The predicted molar refractivity (Wildman–Crippen MR) is 47.4 cm³/mol. The zero-order valence-electron chi connectivity index (χ0n) is 7.99. The van der Waals surface area contributed by atoms with Crippen LogP contribution in [0, 0.1) is 0 Å². The summed E-state index contributed by atoms with van der Waals surface area (Å²) in [5, 5.41) is 15.1. The smallest absolute Gasteiger partial charge is 0.395 e. The molecule has 0 spiro atoms. The topological polar surface area (TPSA) is 49.2 Å². The van der Waals surface area contributed by atoms with E-state index in [-0.39, 0.29) is 12.4 Å². The molecule has 0 saturated heterocycles. The van der Waals surface area contributed by atoms with Gasteiger partial charge in [-0.3, -0.25) is 0 Å². The molecule has 0 atom stereocenters. The molecule has 0 fully saturated rings. The quantitative estimate of drug-likeness (QED) is 0.824. The van der Waals surface area contributed by atoms with Gasteiger partial charge in [-0.05, 0) is 12.1 Å². The van der Waals surface area contributed by atoms with E-state index in [0.717, 1.165) is 6.07 Å². The molecule has 4 nitrogen and oxygen atoms in total. The number of anilines is 1. The van der Waals surface area contributed by atoms with Crippen LogP contribution in [0.4, 0.5) is 19.0 Å². The highest BCUT2D eigenvalue weighted by Gasteiger charge is 2.32. The SMILES string of the molecule is CN(CCO)c1ccc(C(F)(F)F)nn1. The standard InChI is InChI=1S/C8H10F3N3O/c1-14(4-5-15)7-3-2-6(12-13-7)8(9,10)11/h2-3,15H,4-5H2,1H3. The molecule has 0 aliphatic heterocycles. The molecule has 1 N–H and O–H groups in total. The Hall–Kier alpha value is -1.37. The van der Waals surface area contributed by atoms with E-state index in [1.807, 2.05) is 0 Å². The van der Waals surface area contributed by atoms with Gasteiger partial charge in [0.1, 0.15) is 0 Å². The maximum absolute atomic E-state index is 12.1. The molecule has 84 valence electrons. The second kappa shape index (κ2) is 4.43. The van der Waals surface area contributed by atoms with Gasteiger partial charge < -0.3 is 10.0 Å². The van der Waals surface area contributed by atoms with Gasteiger partial charge in [0, 0.05) is 13.6 Å². The van der Waals surface area contributed by atoms with E-state index in [4.69, 9.17) is 5.11 Å². The van der Waals surface area contributed by atoms with Crippen molar-refractivity contribution in [2.24, 2.45) is 0 Å². The zero-order valence-corrected chi connectivity index (χ0v) is 7.99. The van der Waals surface area contributed by atoms with Crippen molar-refractivity contribution < 1.29 is 18.3 Å². The van der Waals surface area contributed by atoms with E-state index in [1.165, 1.54) is 11.0 Å². The lowest BCUT2D eigenvalue weighted by atomic mass is 10.3. The van der Waals surface area contributed by atoms with Gasteiger partial charge in [-0.1, -0.05) is 0 Å². The first-order valence-corrected chi connectivity index (χ1v) is 4.18. The lowest BCUT2D eigenvalue weighted by Gasteiger charge is -2.16. The van der Waals surface area contributed by atoms with E-state index >= 15 is 0 Å². The van der Waals surface area contributed by atoms with Crippen molar-refractivity contribution in [3.63, 3.8) is 0 Å². The highest BCUT2D eigenvalue weighted by Crippen LogP contribution is 2.27. The molecule has 0 saturated carbocycles. The maximum atomic E-state index is 12.1. The molecule has 0 aliphatic carbocycles. The summed E-state index contributed by atoms with van der Waals surface area (Å²) in [6.07, 6.45) is -4.47. The van der Waals surface area contributed by atoms with Crippen LogP contribution in [0.3, 0.4) is 0 Å². The molecule has 7 heteroatoms. The fourth-order valence-corrected chi connectivity index (χ4v) is 0.945. The molecule has 1 aromatic rings. The molecule has 15 heavy (non-hydrogen) atoms. The number of likely N-dealkylation sites (N-methyl/N-ethyl adjacent to an activating group) is 1. The monoisotopic (exact) mass is 221 g/mol.